The molecular weight excluding hydrogens is 379 g/mol. The van der Waals surface area contributed by atoms with E-state index in [2.05, 4.69) is 24.5 Å². The smallest absolute Gasteiger partial charge is 0.261 e. The highest BCUT2D eigenvalue weighted by Crippen LogP contribution is 2.57. The second-order valence-corrected chi connectivity index (χ2v) is 12.5. The fourth-order valence-electron chi connectivity index (χ4n) is 3.72. The lowest BCUT2D eigenvalue weighted by Gasteiger charge is -2.25. The molecule has 0 aromatic heterocycles. The number of anilines is 2. The molecule has 2 aromatic rings. The minimum absolute atomic E-state index is 0.0132. The van der Waals surface area contributed by atoms with Crippen molar-refractivity contribution in [1.82, 2.24) is 0 Å². The van der Waals surface area contributed by atoms with E-state index in [0.717, 1.165) is 46.0 Å². The molecule has 2 aromatic carbocycles. The van der Waals surface area contributed by atoms with Gasteiger partial charge in [0.25, 0.3) is 11.8 Å². The molecule has 156 valence electrons. The maximum Gasteiger partial charge on any atom is 0.261 e. The lowest BCUT2D eigenvalue weighted by molar-refractivity contribution is -0.114. The summed E-state index contributed by atoms with van der Waals surface area (Å²) < 4.78 is 0. The summed E-state index contributed by atoms with van der Waals surface area (Å²) in [5, 5.41) is 6.20. The normalized spacial score (nSPS) is 11.2. The molecule has 2 rings (SSSR count). The summed E-state index contributed by atoms with van der Waals surface area (Å²) in [4.78, 5) is 25.8. The molecule has 0 aliphatic heterocycles. The second kappa shape index (κ2) is 10.0. The molecule has 0 aliphatic carbocycles. The van der Waals surface area contributed by atoms with E-state index < -0.39 is 7.26 Å². The Hall–Kier alpha value is -2.19. The van der Waals surface area contributed by atoms with Crippen molar-refractivity contribution in [3.05, 3.63) is 58.7 Å². The molecule has 5 heteroatoms. The molecule has 29 heavy (non-hydrogen) atoms. The van der Waals surface area contributed by atoms with Gasteiger partial charge in [0.05, 0.1) is 12.3 Å². The largest absolute Gasteiger partial charge is 0.322 e. The van der Waals surface area contributed by atoms with Gasteiger partial charge in [0.2, 0.25) is 0 Å². The maximum atomic E-state index is 12.9. The van der Waals surface area contributed by atoms with Crippen molar-refractivity contribution in [1.29, 1.82) is 0 Å². The van der Waals surface area contributed by atoms with Crippen molar-refractivity contribution in [2.75, 3.05) is 35.3 Å². The lowest BCUT2D eigenvalue weighted by atomic mass is 10.1. The van der Waals surface area contributed by atoms with Crippen LogP contribution in [0.15, 0.2) is 36.4 Å². The predicted molar refractivity (Wildman–Crippen MR) is 127 cm³/mol. The molecule has 0 spiro atoms. The number of benzene rings is 2. The summed E-state index contributed by atoms with van der Waals surface area (Å²) in [5.41, 5.74) is 6.02. The third kappa shape index (κ3) is 5.90. The monoisotopic (exact) mass is 413 g/mol. The number of carbonyl (C=O) groups is 2. The summed E-state index contributed by atoms with van der Waals surface area (Å²) >= 11 is 0. The van der Waals surface area contributed by atoms with E-state index >= 15 is 0 Å². The number of carbonyl (C=O) groups excluding carboxylic acids is 2. The Morgan fingerprint density at radius 2 is 1.00 bits per heavy atom. The van der Waals surface area contributed by atoms with Crippen LogP contribution in [0, 0.1) is 27.7 Å². The van der Waals surface area contributed by atoms with Gasteiger partial charge in [-0.05, 0) is 63.8 Å². The molecule has 4 nitrogen and oxygen atoms in total. The SMILES string of the molecule is CC[P+](CC)(CC(=O)Nc1c(C)cccc1C)CC(=O)Nc1c(C)cccc1C. The molecular formula is C24H34N2O2P+. The first kappa shape index (κ1) is 23.1. The van der Waals surface area contributed by atoms with Crippen LogP contribution in [0.2, 0.25) is 0 Å². The number of nitrogens with one attached hydrogen (secondary N) is 2. The van der Waals surface area contributed by atoms with Gasteiger partial charge >= 0.3 is 0 Å². The number of rotatable bonds is 8. The van der Waals surface area contributed by atoms with Gasteiger partial charge in [-0.15, -0.1) is 0 Å². The quantitative estimate of drug-likeness (QED) is 0.557. The van der Waals surface area contributed by atoms with Gasteiger partial charge in [0, 0.05) is 18.6 Å². The van der Waals surface area contributed by atoms with Gasteiger partial charge in [-0.2, -0.15) is 0 Å². The minimum atomic E-state index is -1.73. The zero-order valence-corrected chi connectivity index (χ0v) is 19.5. The second-order valence-electron chi connectivity index (χ2n) is 7.92. The third-order valence-corrected chi connectivity index (χ3v) is 10.4. The van der Waals surface area contributed by atoms with E-state index in [1.807, 2.05) is 64.1 Å². The molecule has 0 saturated carbocycles. The van der Waals surface area contributed by atoms with E-state index in [4.69, 9.17) is 0 Å². The maximum absolute atomic E-state index is 12.9. The average Bonchev–Trinajstić information content (AvgIpc) is 2.67. The van der Waals surface area contributed by atoms with Gasteiger partial charge < -0.3 is 10.6 Å². The summed E-state index contributed by atoms with van der Waals surface area (Å²) in [6.07, 6.45) is 2.63. The Bertz CT molecular complexity index is 778. The summed E-state index contributed by atoms with van der Waals surface area (Å²) in [5.74, 6) is 0.0265. The van der Waals surface area contributed by atoms with E-state index in [9.17, 15) is 9.59 Å². The van der Waals surface area contributed by atoms with Gasteiger partial charge in [-0.3, -0.25) is 9.59 Å². The van der Waals surface area contributed by atoms with Crippen LogP contribution < -0.4 is 10.6 Å². The van der Waals surface area contributed by atoms with Crippen LogP contribution in [-0.2, 0) is 9.59 Å². The number of para-hydroxylation sites is 2. The molecule has 2 amide bonds. The summed E-state index contributed by atoms with van der Waals surface area (Å²) in [6.45, 7) is 12.2. The average molecular weight is 414 g/mol. The summed E-state index contributed by atoms with van der Waals surface area (Å²) in [7, 11) is -1.73. The molecule has 0 fully saturated rings. The highest BCUT2D eigenvalue weighted by molar-refractivity contribution is 7.77. The van der Waals surface area contributed by atoms with E-state index in [0.29, 0.717) is 12.3 Å². The molecule has 0 atom stereocenters. The van der Waals surface area contributed by atoms with Gasteiger partial charge in [-0.1, -0.05) is 36.4 Å². The van der Waals surface area contributed by atoms with E-state index in [-0.39, 0.29) is 11.8 Å². The summed E-state index contributed by atoms with van der Waals surface area (Å²) in [6, 6.07) is 12.0. The van der Waals surface area contributed by atoms with Crippen molar-refractivity contribution in [2.24, 2.45) is 0 Å². The number of hydrogen-bond donors (Lipinski definition) is 2. The van der Waals surface area contributed by atoms with Crippen LogP contribution >= 0.6 is 7.26 Å². The number of amides is 2. The number of hydrogen-bond acceptors (Lipinski definition) is 2. The van der Waals surface area contributed by atoms with Crippen LogP contribution in [0.5, 0.6) is 0 Å². The fraction of sp³-hybridized carbons (Fsp3) is 0.417. The first-order valence-corrected chi connectivity index (χ1v) is 12.8. The first-order chi connectivity index (χ1) is 13.7. The highest BCUT2D eigenvalue weighted by atomic mass is 31.2. The Labute approximate surface area is 175 Å². The topological polar surface area (TPSA) is 58.2 Å². The van der Waals surface area contributed by atoms with Gasteiger partial charge in [-0.25, -0.2) is 0 Å². The zero-order chi connectivity index (χ0) is 21.6. The van der Waals surface area contributed by atoms with Crippen molar-refractivity contribution < 1.29 is 9.59 Å². The molecule has 0 unspecified atom stereocenters. The van der Waals surface area contributed by atoms with Crippen molar-refractivity contribution in [2.45, 2.75) is 41.5 Å². The highest BCUT2D eigenvalue weighted by Gasteiger charge is 2.39. The molecule has 0 aliphatic rings. The Morgan fingerprint density at radius 3 is 1.28 bits per heavy atom. The van der Waals surface area contributed by atoms with Crippen LogP contribution in [0.3, 0.4) is 0 Å². The van der Waals surface area contributed by atoms with Crippen molar-refractivity contribution in [3.63, 3.8) is 0 Å². The van der Waals surface area contributed by atoms with E-state index in [1.165, 1.54) is 0 Å². The lowest BCUT2D eigenvalue weighted by Crippen LogP contribution is -2.28. The minimum Gasteiger partial charge on any atom is -0.322 e. The Kier molecular flexibility index (Phi) is 7.98. The predicted octanol–water partition coefficient (Wildman–Crippen LogP) is 5.55. The fourth-order valence-corrected chi connectivity index (χ4v) is 6.55. The molecule has 0 radical (unpaired) electrons. The molecule has 0 saturated heterocycles. The van der Waals surface area contributed by atoms with Crippen LogP contribution in [0.1, 0.15) is 36.1 Å². The van der Waals surface area contributed by atoms with Crippen LogP contribution in [-0.4, -0.2) is 36.5 Å². The van der Waals surface area contributed by atoms with E-state index in [1.54, 1.807) is 0 Å². The van der Waals surface area contributed by atoms with Gasteiger partial charge in [0.1, 0.15) is 12.3 Å². The third-order valence-electron chi connectivity index (χ3n) is 5.79. The van der Waals surface area contributed by atoms with Crippen molar-refractivity contribution >= 4 is 30.5 Å². The molecule has 0 bridgehead atoms. The first-order valence-electron chi connectivity index (χ1n) is 10.3. The Morgan fingerprint density at radius 1 is 0.690 bits per heavy atom. The van der Waals surface area contributed by atoms with Crippen molar-refractivity contribution in [3.8, 4) is 0 Å². The molecule has 2 N–H and O–H groups in total. The zero-order valence-electron chi connectivity index (χ0n) is 18.6. The standard InChI is InChI=1S/C24H33N2O2P/c1-7-29(8-2,15-21(27)25-23-17(3)11-9-12-18(23)4)16-22(28)26-24-19(5)13-10-14-20(24)6/h9-14H,7-8,15-16H2,1-6H3,(H-,25,26,27,28)/p+1. The molecule has 0 heterocycles. The number of aryl methyl sites for hydroxylation is 4. The van der Waals surface area contributed by atoms with Gasteiger partial charge in [0.15, 0.2) is 0 Å². The van der Waals surface area contributed by atoms with Crippen LogP contribution in [0.4, 0.5) is 11.4 Å². The Balaban J connectivity index is 2.12. The van der Waals surface area contributed by atoms with Crippen LogP contribution in [0.25, 0.3) is 0 Å².